The fourth-order valence-corrected chi connectivity index (χ4v) is 3.28. The lowest BCUT2D eigenvalue weighted by Gasteiger charge is -2.15. The SMILES string of the molecule is CN=C(NCCC(=O)Nc1cccc(Cl)c1C)NCc1ccccc1Cn1cccn1.I. The molecule has 3 rings (SSSR count). The molecule has 1 aromatic heterocycles. The van der Waals surface area contributed by atoms with E-state index in [0.29, 0.717) is 37.0 Å². The molecule has 32 heavy (non-hydrogen) atoms. The highest BCUT2D eigenvalue weighted by Crippen LogP contribution is 2.22. The number of carbonyl (C=O) groups is 1. The van der Waals surface area contributed by atoms with Gasteiger partial charge in [-0.15, -0.1) is 24.0 Å². The summed E-state index contributed by atoms with van der Waals surface area (Å²) in [6, 6.07) is 15.6. The van der Waals surface area contributed by atoms with Gasteiger partial charge in [0.05, 0.1) is 6.54 Å². The lowest BCUT2D eigenvalue weighted by Crippen LogP contribution is -2.38. The molecular formula is C23H28ClIN6O. The van der Waals surface area contributed by atoms with Crippen molar-refractivity contribution in [3.8, 4) is 0 Å². The minimum atomic E-state index is -0.0853. The molecule has 0 atom stereocenters. The van der Waals surface area contributed by atoms with Gasteiger partial charge in [-0.2, -0.15) is 5.10 Å². The summed E-state index contributed by atoms with van der Waals surface area (Å²) in [4.78, 5) is 16.5. The highest BCUT2D eigenvalue weighted by atomic mass is 127. The number of anilines is 1. The van der Waals surface area contributed by atoms with Crippen LogP contribution in [-0.2, 0) is 17.9 Å². The number of nitrogens with one attached hydrogen (secondary N) is 3. The van der Waals surface area contributed by atoms with Crippen LogP contribution < -0.4 is 16.0 Å². The van der Waals surface area contributed by atoms with Crippen LogP contribution in [0.4, 0.5) is 5.69 Å². The Labute approximate surface area is 210 Å². The first-order valence-corrected chi connectivity index (χ1v) is 10.5. The Bertz CT molecular complexity index is 1040. The molecule has 1 heterocycles. The monoisotopic (exact) mass is 566 g/mol. The van der Waals surface area contributed by atoms with E-state index in [0.717, 1.165) is 16.8 Å². The fraction of sp³-hybridized carbons (Fsp3) is 0.261. The Kier molecular flexibility index (Phi) is 10.5. The second kappa shape index (κ2) is 13.1. The van der Waals surface area contributed by atoms with Gasteiger partial charge in [0, 0.05) is 49.7 Å². The molecule has 3 aromatic rings. The van der Waals surface area contributed by atoms with E-state index in [4.69, 9.17) is 11.6 Å². The number of carbonyl (C=O) groups excluding carboxylic acids is 1. The van der Waals surface area contributed by atoms with Gasteiger partial charge in [-0.05, 0) is 41.8 Å². The number of rotatable bonds is 8. The molecule has 3 N–H and O–H groups in total. The molecule has 0 radical (unpaired) electrons. The maximum Gasteiger partial charge on any atom is 0.226 e. The molecule has 0 saturated carbocycles. The number of aromatic nitrogens is 2. The Hall–Kier alpha value is -2.59. The number of guanidine groups is 1. The zero-order valence-corrected chi connectivity index (χ0v) is 21.2. The lowest BCUT2D eigenvalue weighted by atomic mass is 10.1. The number of halogens is 2. The number of hydrogen-bond acceptors (Lipinski definition) is 3. The molecule has 0 aliphatic carbocycles. The highest BCUT2D eigenvalue weighted by molar-refractivity contribution is 14.0. The van der Waals surface area contributed by atoms with E-state index in [9.17, 15) is 4.79 Å². The van der Waals surface area contributed by atoms with Crippen molar-refractivity contribution in [1.82, 2.24) is 20.4 Å². The van der Waals surface area contributed by atoms with Crippen molar-refractivity contribution in [3.63, 3.8) is 0 Å². The van der Waals surface area contributed by atoms with Crippen molar-refractivity contribution >= 4 is 53.1 Å². The largest absolute Gasteiger partial charge is 0.356 e. The third kappa shape index (κ3) is 7.52. The van der Waals surface area contributed by atoms with Crippen molar-refractivity contribution in [2.24, 2.45) is 4.99 Å². The second-order valence-corrected chi connectivity index (χ2v) is 7.44. The summed E-state index contributed by atoms with van der Waals surface area (Å²) in [5.41, 5.74) is 3.94. The third-order valence-electron chi connectivity index (χ3n) is 4.87. The van der Waals surface area contributed by atoms with Crippen molar-refractivity contribution in [2.45, 2.75) is 26.4 Å². The first-order valence-electron chi connectivity index (χ1n) is 10.1. The van der Waals surface area contributed by atoms with Gasteiger partial charge in [-0.3, -0.25) is 14.5 Å². The molecule has 1 amide bonds. The van der Waals surface area contributed by atoms with Gasteiger partial charge in [0.2, 0.25) is 5.91 Å². The molecule has 9 heteroatoms. The minimum absolute atomic E-state index is 0. The van der Waals surface area contributed by atoms with Gasteiger partial charge < -0.3 is 16.0 Å². The predicted molar refractivity (Wildman–Crippen MR) is 141 cm³/mol. The molecule has 0 aliphatic heterocycles. The van der Waals surface area contributed by atoms with E-state index in [-0.39, 0.29) is 29.9 Å². The number of hydrogen-bond donors (Lipinski definition) is 3. The molecule has 7 nitrogen and oxygen atoms in total. The van der Waals surface area contributed by atoms with Crippen molar-refractivity contribution in [2.75, 3.05) is 18.9 Å². The number of aliphatic imine (C=N–C) groups is 1. The molecular weight excluding hydrogens is 539 g/mol. The Morgan fingerprint density at radius 2 is 1.88 bits per heavy atom. The zero-order valence-electron chi connectivity index (χ0n) is 18.1. The van der Waals surface area contributed by atoms with Gasteiger partial charge in [0.1, 0.15) is 0 Å². The molecule has 2 aromatic carbocycles. The summed E-state index contributed by atoms with van der Waals surface area (Å²) >= 11 is 6.11. The zero-order chi connectivity index (χ0) is 22.1. The van der Waals surface area contributed by atoms with Gasteiger partial charge in [0.25, 0.3) is 0 Å². The first-order chi connectivity index (χ1) is 15.1. The predicted octanol–water partition coefficient (Wildman–Crippen LogP) is 4.21. The lowest BCUT2D eigenvalue weighted by molar-refractivity contribution is -0.116. The molecule has 170 valence electrons. The summed E-state index contributed by atoms with van der Waals surface area (Å²) in [7, 11) is 1.71. The van der Waals surface area contributed by atoms with Crippen LogP contribution in [0, 0.1) is 6.92 Å². The van der Waals surface area contributed by atoms with Crippen LogP contribution in [0.2, 0.25) is 5.02 Å². The van der Waals surface area contributed by atoms with Gasteiger partial charge in [-0.1, -0.05) is 41.9 Å². The van der Waals surface area contributed by atoms with E-state index in [1.165, 1.54) is 5.56 Å². The topological polar surface area (TPSA) is 83.3 Å². The summed E-state index contributed by atoms with van der Waals surface area (Å²) in [5, 5.41) is 14.3. The van der Waals surface area contributed by atoms with E-state index < -0.39 is 0 Å². The average molecular weight is 567 g/mol. The molecule has 0 saturated heterocycles. The maximum atomic E-state index is 12.3. The van der Waals surface area contributed by atoms with Crippen molar-refractivity contribution < 1.29 is 4.79 Å². The normalized spacial score (nSPS) is 10.9. The van der Waals surface area contributed by atoms with Crippen molar-refractivity contribution in [1.29, 1.82) is 0 Å². The van der Waals surface area contributed by atoms with Gasteiger partial charge in [0.15, 0.2) is 5.96 Å². The summed E-state index contributed by atoms with van der Waals surface area (Å²) < 4.78 is 1.89. The first kappa shape index (κ1) is 25.7. The number of benzene rings is 2. The van der Waals surface area contributed by atoms with Crippen LogP contribution in [0.5, 0.6) is 0 Å². The average Bonchev–Trinajstić information content (AvgIpc) is 3.28. The van der Waals surface area contributed by atoms with Crippen LogP contribution in [-0.4, -0.2) is 35.2 Å². The van der Waals surface area contributed by atoms with E-state index in [1.807, 2.05) is 48.1 Å². The second-order valence-electron chi connectivity index (χ2n) is 7.04. The Morgan fingerprint density at radius 3 is 2.59 bits per heavy atom. The number of nitrogens with zero attached hydrogens (tertiary/aromatic N) is 3. The van der Waals surface area contributed by atoms with E-state index in [2.05, 4.69) is 38.2 Å². The summed E-state index contributed by atoms with van der Waals surface area (Å²) in [6.07, 6.45) is 4.03. The standard InChI is InChI=1S/C23H27ClN6O.HI/c1-17-20(24)9-5-10-21(17)29-22(31)11-13-26-23(25-2)27-15-18-7-3-4-8-19(18)16-30-14-6-12-28-30;/h3-10,12,14H,11,13,15-16H2,1-2H3,(H,29,31)(H2,25,26,27);1H. The van der Waals surface area contributed by atoms with Crippen LogP contribution in [0.25, 0.3) is 0 Å². The highest BCUT2D eigenvalue weighted by Gasteiger charge is 2.08. The quantitative estimate of drug-likeness (QED) is 0.217. The van der Waals surface area contributed by atoms with Gasteiger partial charge >= 0.3 is 0 Å². The Balaban J connectivity index is 0.00000363. The smallest absolute Gasteiger partial charge is 0.226 e. The number of amides is 1. The minimum Gasteiger partial charge on any atom is -0.356 e. The third-order valence-corrected chi connectivity index (χ3v) is 5.28. The molecule has 0 bridgehead atoms. The summed E-state index contributed by atoms with van der Waals surface area (Å²) in [6.45, 7) is 3.66. The summed E-state index contributed by atoms with van der Waals surface area (Å²) in [5.74, 6) is 0.554. The molecule has 0 unspecified atom stereocenters. The van der Waals surface area contributed by atoms with Crippen LogP contribution in [0.3, 0.4) is 0 Å². The molecule has 0 spiro atoms. The maximum absolute atomic E-state index is 12.3. The molecule has 0 fully saturated rings. The van der Waals surface area contributed by atoms with Crippen LogP contribution >= 0.6 is 35.6 Å². The van der Waals surface area contributed by atoms with Crippen molar-refractivity contribution in [3.05, 3.63) is 82.6 Å². The van der Waals surface area contributed by atoms with Crippen LogP contribution in [0.1, 0.15) is 23.1 Å². The molecule has 0 aliphatic rings. The van der Waals surface area contributed by atoms with E-state index >= 15 is 0 Å². The van der Waals surface area contributed by atoms with Crippen LogP contribution in [0.15, 0.2) is 65.9 Å². The fourth-order valence-electron chi connectivity index (χ4n) is 3.10. The Morgan fingerprint density at radius 1 is 1.09 bits per heavy atom. The van der Waals surface area contributed by atoms with Gasteiger partial charge in [-0.25, -0.2) is 0 Å². The van der Waals surface area contributed by atoms with E-state index in [1.54, 1.807) is 19.3 Å².